The number of carbonyl (C=O) groups is 2. The van der Waals surface area contributed by atoms with Gasteiger partial charge in [0, 0.05) is 26.2 Å². The van der Waals surface area contributed by atoms with Gasteiger partial charge in [0.15, 0.2) is 24.1 Å². The van der Waals surface area contributed by atoms with Gasteiger partial charge in [-0.2, -0.15) is 0 Å². The van der Waals surface area contributed by atoms with Crippen molar-refractivity contribution in [2.75, 3.05) is 32.8 Å². The first-order chi connectivity index (χ1) is 14.4. The molecule has 2 aromatic carbocycles. The number of nitrogens with zero attached hydrogens (tertiary/aromatic N) is 2. The monoisotopic (exact) mass is 420 g/mol. The fraction of sp³-hybridized carbons (Fsp3) is 0.364. The van der Waals surface area contributed by atoms with Crippen LogP contribution in [0.25, 0.3) is 0 Å². The summed E-state index contributed by atoms with van der Waals surface area (Å²) in [6, 6.07) is 9.15. The van der Waals surface area contributed by atoms with Crippen LogP contribution in [0.15, 0.2) is 36.4 Å². The lowest BCUT2D eigenvalue weighted by Crippen LogP contribution is -2.39. The van der Waals surface area contributed by atoms with Gasteiger partial charge in [-0.1, -0.05) is 25.1 Å². The molecule has 1 fully saturated rings. The van der Waals surface area contributed by atoms with Gasteiger partial charge in [0.05, 0.1) is 5.56 Å². The molecule has 0 radical (unpaired) electrons. The van der Waals surface area contributed by atoms with Crippen LogP contribution in [0.3, 0.4) is 0 Å². The van der Waals surface area contributed by atoms with Gasteiger partial charge >= 0.3 is 0 Å². The minimum Gasteiger partial charge on any atom is -0.483 e. The first-order valence-electron chi connectivity index (χ1n) is 9.83. The van der Waals surface area contributed by atoms with E-state index < -0.39 is 28.9 Å². The van der Waals surface area contributed by atoms with Crippen molar-refractivity contribution in [1.29, 1.82) is 0 Å². The number of ether oxygens (including phenoxy) is 1. The van der Waals surface area contributed by atoms with Crippen molar-refractivity contribution in [3.8, 4) is 5.75 Å². The van der Waals surface area contributed by atoms with Crippen LogP contribution in [0.2, 0.25) is 0 Å². The van der Waals surface area contributed by atoms with E-state index in [0.29, 0.717) is 18.7 Å². The number of halogens is 3. The summed E-state index contributed by atoms with van der Waals surface area (Å²) in [6.07, 6.45) is 1.26. The van der Waals surface area contributed by atoms with Crippen LogP contribution in [0.5, 0.6) is 5.75 Å². The second-order valence-electron chi connectivity index (χ2n) is 7.00. The van der Waals surface area contributed by atoms with Gasteiger partial charge in [-0.15, -0.1) is 0 Å². The molecule has 0 unspecified atom stereocenters. The Balaban J connectivity index is 1.60. The van der Waals surface area contributed by atoms with Crippen LogP contribution in [0, 0.1) is 17.5 Å². The van der Waals surface area contributed by atoms with Gasteiger partial charge in [0.25, 0.3) is 11.8 Å². The predicted octanol–water partition coefficient (Wildman–Crippen LogP) is 3.42. The third kappa shape index (κ3) is 4.75. The largest absolute Gasteiger partial charge is 0.483 e. The standard InChI is InChI=1S/C22H23F3N2O3/c1-2-15-6-3-4-7-18(15)30-14-19(28)26-10-5-11-27(13-12-26)22(29)16-8-9-17(23)21(25)20(16)24/h3-4,6-9H,2,5,10-14H2,1H3. The quantitative estimate of drug-likeness (QED) is 0.697. The molecule has 0 N–H and O–H groups in total. The average molecular weight is 420 g/mol. The van der Waals surface area contributed by atoms with Crippen LogP contribution < -0.4 is 4.74 Å². The second kappa shape index (κ2) is 9.65. The van der Waals surface area contributed by atoms with Gasteiger partial charge in [0.1, 0.15) is 5.75 Å². The molecule has 1 aliphatic heterocycles. The lowest BCUT2D eigenvalue weighted by atomic mass is 10.1. The molecule has 1 aliphatic rings. The number of hydrogen-bond donors (Lipinski definition) is 0. The van der Waals surface area contributed by atoms with Crippen LogP contribution in [-0.2, 0) is 11.2 Å². The lowest BCUT2D eigenvalue weighted by molar-refractivity contribution is -0.133. The van der Waals surface area contributed by atoms with Crippen LogP contribution in [-0.4, -0.2) is 54.4 Å². The third-order valence-electron chi connectivity index (χ3n) is 5.11. The number of aryl methyl sites for hydroxylation is 1. The fourth-order valence-corrected chi connectivity index (χ4v) is 3.40. The van der Waals surface area contributed by atoms with Gasteiger partial charge in [-0.3, -0.25) is 9.59 Å². The number of benzene rings is 2. The van der Waals surface area contributed by atoms with E-state index in [-0.39, 0.29) is 32.1 Å². The number of hydrogen-bond acceptors (Lipinski definition) is 3. The van der Waals surface area contributed by atoms with Crippen LogP contribution in [0.1, 0.15) is 29.3 Å². The number of carbonyl (C=O) groups excluding carboxylic acids is 2. The molecule has 3 rings (SSSR count). The summed E-state index contributed by atoms with van der Waals surface area (Å²) in [5.41, 5.74) is 0.486. The summed E-state index contributed by atoms with van der Waals surface area (Å²) in [5, 5.41) is 0. The number of rotatable bonds is 5. The van der Waals surface area contributed by atoms with Gasteiger partial charge in [-0.05, 0) is 36.6 Å². The van der Waals surface area contributed by atoms with E-state index in [1.165, 1.54) is 4.90 Å². The highest BCUT2D eigenvalue weighted by Gasteiger charge is 2.26. The summed E-state index contributed by atoms with van der Waals surface area (Å²) in [4.78, 5) is 28.0. The van der Waals surface area contributed by atoms with E-state index >= 15 is 0 Å². The van der Waals surface area contributed by atoms with E-state index in [4.69, 9.17) is 4.74 Å². The second-order valence-corrected chi connectivity index (χ2v) is 7.00. The molecule has 0 aliphatic carbocycles. The highest BCUT2D eigenvalue weighted by Crippen LogP contribution is 2.20. The Hall–Kier alpha value is -3.03. The summed E-state index contributed by atoms with van der Waals surface area (Å²) in [5.74, 6) is -4.80. The van der Waals surface area contributed by atoms with E-state index in [1.54, 1.807) is 4.90 Å². The summed E-state index contributed by atoms with van der Waals surface area (Å²) < 4.78 is 46.2. The van der Waals surface area contributed by atoms with Crippen LogP contribution in [0.4, 0.5) is 13.2 Å². The highest BCUT2D eigenvalue weighted by molar-refractivity contribution is 5.94. The summed E-state index contributed by atoms with van der Waals surface area (Å²) in [6.45, 7) is 2.98. The zero-order chi connectivity index (χ0) is 21.7. The third-order valence-corrected chi connectivity index (χ3v) is 5.11. The first-order valence-corrected chi connectivity index (χ1v) is 9.83. The van der Waals surface area contributed by atoms with Crippen molar-refractivity contribution in [3.63, 3.8) is 0 Å². The maximum atomic E-state index is 14.0. The minimum absolute atomic E-state index is 0.122. The summed E-state index contributed by atoms with van der Waals surface area (Å²) >= 11 is 0. The molecule has 1 saturated heterocycles. The van der Waals surface area contributed by atoms with Gasteiger partial charge in [0.2, 0.25) is 0 Å². The first kappa shape index (κ1) is 21.7. The minimum atomic E-state index is -1.67. The van der Waals surface area contributed by atoms with Crippen molar-refractivity contribution in [2.45, 2.75) is 19.8 Å². The molecule has 30 heavy (non-hydrogen) atoms. The molecule has 0 saturated carbocycles. The predicted molar refractivity (Wildman–Crippen MR) is 105 cm³/mol. The van der Waals surface area contributed by atoms with Crippen molar-refractivity contribution < 1.29 is 27.5 Å². The number of amides is 2. The van der Waals surface area contributed by atoms with E-state index in [0.717, 1.165) is 24.1 Å². The van der Waals surface area contributed by atoms with Crippen molar-refractivity contribution in [3.05, 3.63) is 65.0 Å². The maximum Gasteiger partial charge on any atom is 0.260 e. The van der Waals surface area contributed by atoms with E-state index in [9.17, 15) is 22.8 Å². The van der Waals surface area contributed by atoms with Crippen molar-refractivity contribution in [1.82, 2.24) is 9.80 Å². The SMILES string of the molecule is CCc1ccccc1OCC(=O)N1CCCN(C(=O)c2ccc(F)c(F)c2F)CC1. The zero-order valence-corrected chi connectivity index (χ0v) is 16.7. The molecule has 0 spiro atoms. The molecule has 5 nitrogen and oxygen atoms in total. The Morgan fingerprint density at radius 3 is 2.40 bits per heavy atom. The fourth-order valence-electron chi connectivity index (χ4n) is 3.40. The molecule has 0 aromatic heterocycles. The molecular formula is C22H23F3N2O3. The molecule has 1 heterocycles. The highest BCUT2D eigenvalue weighted by atomic mass is 19.2. The molecule has 2 amide bonds. The number of para-hydroxylation sites is 1. The molecule has 8 heteroatoms. The summed E-state index contributed by atoms with van der Waals surface area (Å²) in [7, 11) is 0. The van der Waals surface area contributed by atoms with E-state index in [1.807, 2.05) is 31.2 Å². The molecular weight excluding hydrogens is 397 g/mol. The zero-order valence-electron chi connectivity index (χ0n) is 16.7. The topological polar surface area (TPSA) is 49.9 Å². The van der Waals surface area contributed by atoms with Crippen molar-refractivity contribution >= 4 is 11.8 Å². The van der Waals surface area contributed by atoms with Crippen LogP contribution >= 0.6 is 0 Å². The van der Waals surface area contributed by atoms with Gasteiger partial charge in [-0.25, -0.2) is 13.2 Å². The molecule has 160 valence electrons. The smallest absolute Gasteiger partial charge is 0.260 e. The van der Waals surface area contributed by atoms with Gasteiger partial charge < -0.3 is 14.5 Å². The Morgan fingerprint density at radius 2 is 1.63 bits per heavy atom. The van der Waals surface area contributed by atoms with E-state index in [2.05, 4.69) is 0 Å². The normalized spacial score (nSPS) is 14.4. The average Bonchev–Trinajstić information content (AvgIpc) is 3.02. The molecule has 2 aromatic rings. The van der Waals surface area contributed by atoms with Crippen molar-refractivity contribution in [2.24, 2.45) is 0 Å². The Labute approximate surface area is 173 Å². The molecule has 0 bridgehead atoms. The Morgan fingerprint density at radius 1 is 0.933 bits per heavy atom. The Bertz CT molecular complexity index is 936. The lowest BCUT2D eigenvalue weighted by Gasteiger charge is -2.22. The molecule has 0 atom stereocenters. The maximum absolute atomic E-state index is 14.0. The Kier molecular flexibility index (Phi) is 6.97.